The molecule has 1 amide bonds. The van der Waals surface area contributed by atoms with Crippen LogP contribution in [0.4, 0.5) is 11.4 Å². The molecule has 1 aliphatic heterocycles. The smallest absolute Gasteiger partial charge is 0.226 e. The number of para-hydroxylation sites is 1. The second-order valence-corrected chi connectivity index (χ2v) is 9.07. The number of carbonyl (C=O) groups is 1. The zero-order valence-electron chi connectivity index (χ0n) is 19.2. The molecule has 1 aliphatic rings. The molecule has 1 fully saturated rings. The maximum atomic E-state index is 11.9. The van der Waals surface area contributed by atoms with Gasteiger partial charge in [-0.05, 0) is 69.0 Å². The SMILES string of the molecule is CC(C)C(=O)Nc1ccc(-c2cc(NCCCC3CCCNC3)c3ccccc3n2)cc1. The van der Waals surface area contributed by atoms with E-state index in [0.717, 1.165) is 52.5 Å². The van der Waals surface area contributed by atoms with Crippen LogP contribution in [0.2, 0.25) is 0 Å². The van der Waals surface area contributed by atoms with E-state index in [1.54, 1.807) is 0 Å². The van der Waals surface area contributed by atoms with Crippen molar-refractivity contribution in [2.24, 2.45) is 11.8 Å². The highest BCUT2D eigenvalue weighted by Crippen LogP contribution is 2.29. The van der Waals surface area contributed by atoms with Crippen LogP contribution in [0.5, 0.6) is 0 Å². The van der Waals surface area contributed by atoms with E-state index in [-0.39, 0.29) is 11.8 Å². The number of aromatic nitrogens is 1. The van der Waals surface area contributed by atoms with Gasteiger partial charge >= 0.3 is 0 Å². The molecular formula is C27H34N4O. The molecule has 2 aromatic carbocycles. The van der Waals surface area contributed by atoms with E-state index >= 15 is 0 Å². The van der Waals surface area contributed by atoms with Crippen molar-refractivity contribution in [1.29, 1.82) is 0 Å². The molecular weight excluding hydrogens is 396 g/mol. The molecule has 5 heteroatoms. The molecule has 1 atom stereocenters. The third-order valence-corrected chi connectivity index (χ3v) is 6.19. The van der Waals surface area contributed by atoms with Crippen LogP contribution in [0, 0.1) is 11.8 Å². The normalized spacial score (nSPS) is 16.3. The summed E-state index contributed by atoms with van der Waals surface area (Å²) in [5.74, 6) is 0.793. The molecule has 1 saturated heterocycles. The maximum absolute atomic E-state index is 11.9. The standard InChI is InChI=1S/C27H34N4O/c1-19(2)27(32)30-22-13-11-21(12-14-22)25-17-26(23-9-3-4-10-24(23)31-25)29-16-6-8-20-7-5-15-28-18-20/h3-4,9-14,17,19-20,28H,5-8,15-16,18H2,1-2H3,(H,29,31)(H,30,32). The number of pyridine rings is 1. The first-order valence-corrected chi connectivity index (χ1v) is 11.9. The Balaban J connectivity index is 1.48. The summed E-state index contributed by atoms with van der Waals surface area (Å²) in [4.78, 5) is 16.8. The Kier molecular flexibility index (Phi) is 7.38. The number of hydrogen-bond acceptors (Lipinski definition) is 4. The van der Waals surface area contributed by atoms with Gasteiger partial charge in [-0.2, -0.15) is 0 Å². The molecule has 1 unspecified atom stereocenters. The van der Waals surface area contributed by atoms with Crippen molar-refractivity contribution in [1.82, 2.24) is 10.3 Å². The van der Waals surface area contributed by atoms with Gasteiger partial charge in [0.2, 0.25) is 5.91 Å². The quantitative estimate of drug-likeness (QED) is 0.402. The zero-order chi connectivity index (χ0) is 22.3. The van der Waals surface area contributed by atoms with Crippen molar-refractivity contribution in [3.63, 3.8) is 0 Å². The Labute approximate surface area is 191 Å². The topological polar surface area (TPSA) is 66.1 Å². The Morgan fingerprint density at radius 2 is 1.97 bits per heavy atom. The Hall–Kier alpha value is -2.92. The van der Waals surface area contributed by atoms with Crippen LogP contribution in [0.1, 0.15) is 39.5 Å². The number of fused-ring (bicyclic) bond motifs is 1. The molecule has 0 bridgehead atoms. The molecule has 168 valence electrons. The van der Waals surface area contributed by atoms with E-state index in [9.17, 15) is 4.79 Å². The van der Waals surface area contributed by atoms with Crippen molar-refractivity contribution in [2.45, 2.75) is 39.5 Å². The minimum Gasteiger partial charge on any atom is -0.384 e. The molecule has 1 aromatic heterocycles. The minimum absolute atomic E-state index is 0.0251. The summed E-state index contributed by atoms with van der Waals surface area (Å²) in [5.41, 5.74) is 4.90. The third kappa shape index (κ3) is 5.65. The molecule has 0 spiro atoms. The number of hydrogen-bond donors (Lipinski definition) is 3. The lowest BCUT2D eigenvalue weighted by Gasteiger charge is -2.22. The van der Waals surface area contributed by atoms with Gasteiger partial charge in [-0.15, -0.1) is 0 Å². The summed E-state index contributed by atoms with van der Waals surface area (Å²) in [7, 11) is 0. The monoisotopic (exact) mass is 430 g/mol. The lowest BCUT2D eigenvalue weighted by atomic mass is 9.95. The van der Waals surface area contributed by atoms with Gasteiger partial charge < -0.3 is 16.0 Å². The summed E-state index contributed by atoms with van der Waals surface area (Å²) in [6.07, 6.45) is 5.08. The molecule has 2 heterocycles. The summed E-state index contributed by atoms with van der Waals surface area (Å²) in [5, 5.41) is 11.3. The Morgan fingerprint density at radius 3 is 2.72 bits per heavy atom. The number of carbonyl (C=O) groups excluding carboxylic acids is 1. The number of rotatable bonds is 8. The first-order valence-electron chi connectivity index (χ1n) is 11.9. The zero-order valence-corrected chi connectivity index (χ0v) is 19.2. The average molecular weight is 431 g/mol. The number of benzene rings is 2. The van der Waals surface area contributed by atoms with Gasteiger partial charge in [0.05, 0.1) is 11.2 Å². The van der Waals surface area contributed by atoms with E-state index in [1.165, 1.54) is 32.2 Å². The van der Waals surface area contributed by atoms with E-state index in [0.29, 0.717) is 0 Å². The van der Waals surface area contributed by atoms with Gasteiger partial charge in [-0.3, -0.25) is 4.79 Å². The first-order chi connectivity index (χ1) is 15.6. The molecule has 5 nitrogen and oxygen atoms in total. The van der Waals surface area contributed by atoms with Crippen LogP contribution < -0.4 is 16.0 Å². The summed E-state index contributed by atoms with van der Waals surface area (Å²) in [6.45, 7) is 7.08. The summed E-state index contributed by atoms with van der Waals surface area (Å²) >= 11 is 0. The van der Waals surface area contributed by atoms with E-state index in [2.05, 4.69) is 40.2 Å². The summed E-state index contributed by atoms with van der Waals surface area (Å²) in [6, 6.07) is 18.4. The highest BCUT2D eigenvalue weighted by Gasteiger charge is 2.13. The first kappa shape index (κ1) is 22.3. The predicted octanol–water partition coefficient (Wildman–Crippen LogP) is 5.69. The molecule has 3 aromatic rings. The lowest BCUT2D eigenvalue weighted by molar-refractivity contribution is -0.118. The van der Waals surface area contributed by atoms with Crippen LogP contribution in [-0.2, 0) is 4.79 Å². The van der Waals surface area contributed by atoms with Gasteiger partial charge in [0, 0.05) is 34.8 Å². The van der Waals surface area contributed by atoms with E-state index in [4.69, 9.17) is 4.98 Å². The Morgan fingerprint density at radius 1 is 1.16 bits per heavy atom. The van der Waals surface area contributed by atoms with E-state index < -0.39 is 0 Å². The van der Waals surface area contributed by atoms with Crippen molar-refractivity contribution in [2.75, 3.05) is 30.3 Å². The maximum Gasteiger partial charge on any atom is 0.226 e. The van der Waals surface area contributed by atoms with Crippen LogP contribution in [-0.4, -0.2) is 30.5 Å². The van der Waals surface area contributed by atoms with Gasteiger partial charge in [0.25, 0.3) is 0 Å². The molecule has 4 rings (SSSR count). The fourth-order valence-corrected chi connectivity index (χ4v) is 4.26. The largest absolute Gasteiger partial charge is 0.384 e. The molecule has 32 heavy (non-hydrogen) atoms. The van der Waals surface area contributed by atoms with Gasteiger partial charge in [0.15, 0.2) is 0 Å². The highest BCUT2D eigenvalue weighted by atomic mass is 16.1. The number of piperidine rings is 1. The van der Waals surface area contributed by atoms with Gasteiger partial charge in [0.1, 0.15) is 0 Å². The van der Waals surface area contributed by atoms with E-state index in [1.807, 2.05) is 44.2 Å². The highest BCUT2D eigenvalue weighted by molar-refractivity contribution is 5.94. The third-order valence-electron chi connectivity index (χ3n) is 6.19. The minimum atomic E-state index is -0.0418. The lowest BCUT2D eigenvalue weighted by Crippen LogP contribution is -2.29. The van der Waals surface area contributed by atoms with Crippen molar-refractivity contribution < 1.29 is 4.79 Å². The average Bonchev–Trinajstić information content (AvgIpc) is 2.82. The van der Waals surface area contributed by atoms with Gasteiger partial charge in [-0.1, -0.05) is 44.2 Å². The van der Waals surface area contributed by atoms with Crippen molar-refractivity contribution >= 4 is 28.2 Å². The molecule has 0 saturated carbocycles. The molecule has 0 radical (unpaired) electrons. The number of nitrogens with one attached hydrogen (secondary N) is 3. The Bertz CT molecular complexity index is 1040. The molecule has 3 N–H and O–H groups in total. The van der Waals surface area contributed by atoms with Crippen LogP contribution in [0.15, 0.2) is 54.6 Å². The fraction of sp³-hybridized carbons (Fsp3) is 0.407. The van der Waals surface area contributed by atoms with Crippen molar-refractivity contribution in [3.8, 4) is 11.3 Å². The second-order valence-electron chi connectivity index (χ2n) is 9.07. The van der Waals surface area contributed by atoms with Crippen LogP contribution in [0.3, 0.4) is 0 Å². The molecule has 0 aliphatic carbocycles. The van der Waals surface area contributed by atoms with Crippen LogP contribution in [0.25, 0.3) is 22.2 Å². The number of nitrogens with zero attached hydrogens (tertiary/aromatic N) is 1. The predicted molar refractivity (Wildman–Crippen MR) is 134 cm³/mol. The fourth-order valence-electron chi connectivity index (χ4n) is 4.26. The summed E-state index contributed by atoms with van der Waals surface area (Å²) < 4.78 is 0. The van der Waals surface area contributed by atoms with Crippen molar-refractivity contribution in [3.05, 3.63) is 54.6 Å². The van der Waals surface area contributed by atoms with Gasteiger partial charge in [-0.25, -0.2) is 4.98 Å². The van der Waals surface area contributed by atoms with Crippen LogP contribution >= 0.6 is 0 Å². The second kappa shape index (κ2) is 10.6. The number of amides is 1. The number of anilines is 2.